The minimum absolute atomic E-state index is 0.119. The fourth-order valence-electron chi connectivity index (χ4n) is 4.15. The van der Waals surface area contributed by atoms with E-state index in [4.69, 9.17) is 9.47 Å². The second-order valence-corrected chi connectivity index (χ2v) is 8.07. The van der Waals surface area contributed by atoms with Crippen molar-refractivity contribution in [2.24, 2.45) is 11.8 Å². The zero-order chi connectivity index (χ0) is 15.7. The van der Waals surface area contributed by atoms with Gasteiger partial charge in [-0.05, 0) is 58.3 Å². The van der Waals surface area contributed by atoms with E-state index in [1.54, 1.807) is 0 Å². The molecule has 0 spiro atoms. The summed E-state index contributed by atoms with van der Waals surface area (Å²) in [5, 5.41) is 3.60. The van der Waals surface area contributed by atoms with Crippen LogP contribution in [0.4, 0.5) is 4.79 Å². The second-order valence-electron chi connectivity index (χ2n) is 8.07. The lowest BCUT2D eigenvalue weighted by Gasteiger charge is -2.28. The fraction of sp³-hybridized carbons (Fsp3) is 0.941. The molecule has 4 atom stereocenters. The molecule has 3 saturated heterocycles. The molecule has 22 heavy (non-hydrogen) atoms. The molecule has 0 aromatic rings. The molecule has 3 fully saturated rings. The van der Waals surface area contributed by atoms with E-state index in [9.17, 15) is 4.79 Å². The van der Waals surface area contributed by atoms with Crippen LogP contribution in [-0.2, 0) is 9.47 Å². The quantitative estimate of drug-likeness (QED) is 0.866. The summed E-state index contributed by atoms with van der Waals surface area (Å²) in [5.74, 6) is 1.24. The van der Waals surface area contributed by atoms with Gasteiger partial charge < -0.3 is 19.7 Å². The predicted octanol–water partition coefficient (Wildman–Crippen LogP) is 2.40. The Morgan fingerprint density at radius 1 is 1.27 bits per heavy atom. The van der Waals surface area contributed by atoms with Crippen molar-refractivity contribution in [1.29, 1.82) is 0 Å². The highest BCUT2D eigenvalue weighted by Gasteiger charge is 2.49. The molecule has 0 aromatic heterocycles. The van der Waals surface area contributed by atoms with E-state index in [1.807, 2.05) is 25.7 Å². The van der Waals surface area contributed by atoms with Gasteiger partial charge >= 0.3 is 6.09 Å². The van der Waals surface area contributed by atoms with Crippen molar-refractivity contribution < 1.29 is 14.3 Å². The van der Waals surface area contributed by atoms with E-state index < -0.39 is 5.60 Å². The van der Waals surface area contributed by atoms with Crippen LogP contribution in [0.15, 0.2) is 0 Å². The van der Waals surface area contributed by atoms with Gasteiger partial charge in [0.25, 0.3) is 0 Å². The van der Waals surface area contributed by atoms with Crippen LogP contribution in [0.2, 0.25) is 0 Å². The summed E-state index contributed by atoms with van der Waals surface area (Å²) in [7, 11) is 0. The van der Waals surface area contributed by atoms with Gasteiger partial charge in [-0.3, -0.25) is 0 Å². The molecule has 0 aromatic carbocycles. The van der Waals surface area contributed by atoms with Gasteiger partial charge in [0.2, 0.25) is 0 Å². The number of rotatable bonds is 4. The van der Waals surface area contributed by atoms with Crippen LogP contribution in [0, 0.1) is 11.8 Å². The number of nitrogens with zero attached hydrogens (tertiary/aromatic N) is 1. The minimum Gasteiger partial charge on any atom is -0.444 e. The first-order chi connectivity index (χ1) is 10.4. The summed E-state index contributed by atoms with van der Waals surface area (Å²) < 4.78 is 11.0. The zero-order valence-corrected chi connectivity index (χ0v) is 14.1. The highest BCUT2D eigenvalue weighted by atomic mass is 16.6. The number of hydrogen-bond donors (Lipinski definition) is 1. The Bertz CT molecular complexity index is 401. The Balaban J connectivity index is 1.48. The lowest BCUT2D eigenvalue weighted by atomic mass is 9.89. The van der Waals surface area contributed by atoms with E-state index in [-0.39, 0.29) is 6.09 Å². The molecule has 3 rings (SSSR count). The number of carbonyl (C=O) groups is 1. The SMILES string of the molecule is CC(C)(C)OC(=O)N1C2CCC1C(CNCC1CCOC1)C2. The molecule has 5 heteroatoms. The predicted molar refractivity (Wildman–Crippen MR) is 84.8 cm³/mol. The van der Waals surface area contributed by atoms with Crippen molar-refractivity contribution in [3.63, 3.8) is 0 Å². The van der Waals surface area contributed by atoms with Crippen LogP contribution in [0.25, 0.3) is 0 Å². The summed E-state index contributed by atoms with van der Waals surface area (Å²) in [6, 6.07) is 0.758. The maximum absolute atomic E-state index is 12.4. The molecular weight excluding hydrogens is 280 g/mol. The van der Waals surface area contributed by atoms with Gasteiger partial charge in [0.05, 0.1) is 6.61 Å². The Hall–Kier alpha value is -0.810. The van der Waals surface area contributed by atoms with Crippen LogP contribution in [0.1, 0.15) is 46.5 Å². The molecule has 3 heterocycles. The van der Waals surface area contributed by atoms with E-state index >= 15 is 0 Å². The molecule has 0 radical (unpaired) electrons. The molecule has 4 unspecified atom stereocenters. The van der Waals surface area contributed by atoms with Gasteiger partial charge in [0.15, 0.2) is 0 Å². The molecule has 126 valence electrons. The van der Waals surface area contributed by atoms with Gasteiger partial charge in [-0.2, -0.15) is 0 Å². The third-order valence-corrected chi connectivity index (χ3v) is 5.13. The Morgan fingerprint density at radius 3 is 2.77 bits per heavy atom. The van der Waals surface area contributed by atoms with Crippen LogP contribution in [0.5, 0.6) is 0 Å². The normalized spacial score (nSPS) is 34.4. The van der Waals surface area contributed by atoms with Crippen molar-refractivity contribution in [2.45, 2.75) is 64.1 Å². The van der Waals surface area contributed by atoms with Crippen molar-refractivity contribution in [2.75, 3.05) is 26.3 Å². The summed E-state index contributed by atoms with van der Waals surface area (Å²) in [6.07, 6.45) is 4.44. The number of nitrogens with one attached hydrogen (secondary N) is 1. The molecular formula is C17H30N2O3. The highest BCUT2D eigenvalue weighted by Crippen LogP contribution is 2.42. The molecule has 3 aliphatic rings. The van der Waals surface area contributed by atoms with Crippen LogP contribution in [-0.4, -0.2) is 55.0 Å². The van der Waals surface area contributed by atoms with E-state index in [1.165, 1.54) is 6.42 Å². The number of amides is 1. The van der Waals surface area contributed by atoms with E-state index in [0.29, 0.717) is 23.9 Å². The Kier molecular flexibility index (Phi) is 4.64. The summed E-state index contributed by atoms with van der Waals surface area (Å²) >= 11 is 0. The maximum atomic E-state index is 12.4. The van der Waals surface area contributed by atoms with Gasteiger partial charge in [-0.25, -0.2) is 4.79 Å². The van der Waals surface area contributed by atoms with Crippen molar-refractivity contribution in [3.8, 4) is 0 Å². The summed E-state index contributed by atoms with van der Waals surface area (Å²) in [4.78, 5) is 14.4. The van der Waals surface area contributed by atoms with Crippen molar-refractivity contribution in [1.82, 2.24) is 10.2 Å². The topological polar surface area (TPSA) is 50.8 Å². The van der Waals surface area contributed by atoms with Gasteiger partial charge in [0.1, 0.15) is 5.60 Å². The largest absolute Gasteiger partial charge is 0.444 e. The lowest BCUT2D eigenvalue weighted by Crippen LogP contribution is -2.41. The standard InChI is InChI=1S/C17H30N2O3/c1-17(2,3)22-16(20)19-14-4-5-15(19)13(8-14)10-18-9-12-6-7-21-11-12/h12-15,18H,4-11H2,1-3H3. The molecule has 3 aliphatic heterocycles. The Labute approximate surface area is 133 Å². The minimum atomic E-state index is -0.407. The number of carbonyl (C=O) groups excluding carboxylic acids is 1. The molecule has 5 nitrogen and oxygen atoms in total. The molecule has 0 aliphatic carbocycles. The first-order valence-electron chi connectivity index (χ1n) is 8.74. The number of hydrogen-bond acceptors (Lipinski definition) is 4. The van der Waals surface area contributed by atoms with Crippen molar-refractivity contribution >= 4 is 6.09 Å². The number of fused-ring (bicyclic) bond motifs is 2. The van der Waals surface area contributed by atoms with Crippen LogP contribution < -0.4 is 5.32 Å². The van der Waals surface area contributed by atoms with E-state index in [0.717, 1.165) is 45.6 Å². The summed E-state index contributed by atoms with van der Waals surface area (Å²) in [5.41, 5.74) is -0.407. The molecule has 1 amide bonds. The van der Waals surface area contributed by atoms with Gasteiger partial charge in [-0.15, -0.1) is 0 Å². The zero-order valence-electron chi connectivity index (χ0n) is 14.1. The first-order valence-corrected chi connectivity index (χ1v) is 8.74. The highest BCUT2D eigenvalue weighted by molar-refractivity contribution is 5.70. The monoisotopic (exact) mass is 310 g/mol. The molecule has 0 saturated carbocycles. The number of ether oxygens (including phenoxy) is 2. The average Bonchev–Trinajstić information content (AvgIpc) is 3.11. The molecule has 2 bridgehead atoms. The Morgan fingerprint density at radius 2 is 2.09 bits per heavy atom. The second kappa shape index (κ2) is 6.36. The van der Waals surface area contributed by atoms with Crippen LogP contribution >= 0.6 is 0 Å². The lowest BCUT2D eigenvalue weighted by molar-refractivity contribution is 0.0205. The maximum Gasteiger partial charge on any atom is 0.410 e. The van der Waals surface area contributed by atoms with Crippen molar-refractivity contribution in [3.05, 3.63) is 0 Å². The smallest absolute Gasteiger partial charge is 0.410 e. The molecule has 1 N–H and O–H groups in total. The fourth-order valence-corrected chi connectivity index (χ4v) is 4.15. The summed E-state index contributed by atoms with van der Waals surface area (Å²) in [6.45, 7) is 9.67. The third kappa shape index (κ3) is 3.57. The van der Waals surface area contributed by atoms with Gasteiger partial charge in [0, 0.05) is 31.8 Å². The first kappa shape index (κ1) is 16.1. The van der Waals surface area contributed by atoms with E-state index in [2.05, 4.69) is 5.32 Å². The average molecular weight is 310 g/mol. The van der Waals surface area contributed by atoms with Crippen LogP contribution in [0.3, 0.4) is 0 Å². The van der Waals surface area contributed by atoms with Gasteiger partial charge in [-0.1, -0.05) is 0 Å². The third-order valence-electron chi connectivity index (χ3n) is 5.13.